The number of fused-ring (bicyclic) bond motifs is 1. The van der Waals surface area contributed by atoms with Crippen LogP contribution in [0.4, 0.5) is 0 Å². The van der Waals surface area contributed by atoms with E-state index in [9.17, 15) is 0 Å². The maximum atomic E-state index is 8.51. The molecule has 0 spiro atoms. The third kappa shape index (κ3) is 3.88. The van der Waals surface area contributed by atoms with Crippen molar-refractivity contribution in [3.05, 3.63) is 23.8 Å². The smallest absolute Gasteiger partial charge is 0.180 e. The predicted octanol–water partition coefficient (Wildman–Crippen LogP) is 2.66. The predicted molar refractivity (Wildman–Crippen MR) is 89.6 cm³/mol. The number of methoxy groups -OCH3 is 2. The molecule has 2 aliphatic rings. The summed E-state index contributed by atoms with van der Waals surface area (Å²) in [4.78, 5) is 6.50. The van der Waals surface area contributed by atoms with Gasteiger partial charge < -0.3 is 19.1 Å². The van der Waals surface area contributed by atoms with Gasteiger partial charge in [0.1, 0.15) is 0 Å². The molecule has 0 bridgehead atoms. The summed E-state index contributed by atoms with van der Waals surface area (Å²) in [5, 5.41) is 8.51. The van der Waals surface area contributed by atoms with Crippen LogP contribution < -0.4 is 9.47 Å². The molecule has 1 aromatic carbocycles. The molecule has 1 aromatic rings. The maximum Gasteiger partial charge on any atom is 0.180 e. The Kier molecular flexibility index (Phi) is 7.29. The van der Waals surface area contributed by atoms with E-state index < -0.39 is 0 Å². The first-order valence-electron chi connectivity index (χ1n) is 8.45. The van der Waals surface area contributed by atoms with Crippen LogP contribution >= 0.6 is 0 Å². The Balaban J connectivity index is 0.00000225. The van der Waals surface area contributed by atoms with Crippen molar-refractivity contribution in [2.24, 2.45) is 0 Å². The van der Waals surface area contributed by atoms with E-state index in [0.717, 1.165) is 43.7 Å². The molecular formula is C18H27NO5W. The first-order valence-corrected chi connectivity index (χ1v) is 8.45. The first-order chi connectivity index (χ1) is 11.6. The molecule has 7 heteroatoms. The Hall–Kier alpha value is -0.652. The third-order valence-electron chi connectivity index (χ3n) is 5.79. The van der Waals surface area contributed by atoms with Crippen LogP contribution in [0, 0.1) is 0 Å². The molecule has 1 unspecified atom stereocenters. The van der Waals surface area contributed by atoms with Crippen molar-refractivity contribution in [1.29, 1.82) is 0 Å². The summed E-state index contributed by atoms with van der Waals surface area (Å²) in [5.74, 6) is 1.54. The van der Waals surface area contributed by atoms with Crippen molar-refractivity contribution >= 4 is 0 Å². The summed E-state index contributed by atoms with van der Waals surface area (Å²) in [6.45, 7) is 1.01. The number of hydrogen-bond donors (Lipinski definition) is 1. The second kappa shape index (κ2) is 8.83. The molecule has 1 N–H and O–H groups in total. The van der Waals surface area contributed by atoms with Gasteiger partial charge in [0.15, 0.2) is 18.3 Å². The van der Waals surface area contributed by atoms with E-state index in [1.807, 2.05) is 6.07 Å². The molecule has 6 nitrogen and oxygen atoms in total. The molecule has 1 aliphatic heterocycles. The molecule has 25 heavy (non-hydrogen) atoms. The van der Waals surface area contributed by atoms with Crippen LogP contribution in [0.5, 0.6) is 11.5 Å². The van der Waals surface area contributed by atoms with E-state index in [0.29, 0.717) is 6.04 Å². The van der Waals surface area contributed by atoms with Gasteiger partial charge in [0, 0.05) is 32.5 Å². The molecule has 1 heterocycles. The van der Waals surface area contributed by atoms with Gasteiger partial charge in [-0.1, -0.05) is 6.07 Å². The largest absolute Gasteiger partial charge is 0.493 e. The first kappa shape index (κ1) is 20.7. The van der Waals surface area contributed by atoms with E-state index in [-0.39, 0.29) is 39.4 Å². The van der Waals surface area contributed by atoms with Crippen molar-refractivity contribution < 1.29 is 45.4 Å². The summed E-state index contributed by atoms with van der Waals surface area (Å²) < 4.78 is 16.5. The molecule has 1 aliphatic carbocycles. The fraction of sp³-hybridized carbons (Fsp3) is 0.667. The molecule has 2 fully saturated rings. The Labute approximate surface area is 163 Å². The number of hydrogen-bond acceptors (Lipinski definition) is 6. The van der Waals surface area contributed by atoms with Crippen LogP contribution in [-0.4, -0.2) is 56.9 Å². The normalized spacial score (nSPS) is 29.0. The van der Waals surface area contributed by atoms with Crippen LogP contribution in [0.15, 0.2) is 18.2 Å². The molecule has 1 saturated carbocycles. The summed E-state index contributed by atoms with van der Waals surface area (Å²) in [7, 11) is 5.52. The van der Waals surface area contributed by atoms with Crippen molar-refractivity contribution in [2.45, 2.75) is 43.2 Å². The zero-order valence-corrected chi connectivity index (χ0v) is 18.0. The number of ether oxygens (including phenoxy) is 3. The standard InChI is InChI=1S/C18H27NO5.W/c1-19-9-8-18(7-6-14(11-17(18)19)23-12-24-20)13-4-5-15(21-2)16(10-13)22-3;/h4-5,10,14,17,20H,6-9,11-12H2,1-3H3;/t14?,17-,18-;/m0./s1. The average Bonchev–Trinajstić information content (AvgIpc) is 2.97. The number of likely N-dealkylation sites (N-methyl/N-ethyl adjacent to an activating group) is 1. The molecular weight excluding hydrogens is 494 g/mol. The molecule has 3 atom stereocenters. The third-order valence-corrected chi connectivity index (χ3v) is 5.79. The van der Waals surface area contributed by atoms with E-state index in [2.05, 4.69) is 29.0 Å². The van der Waals surface area contributed by atoms with Crippen LogP contribution in [0.3, 0.4) is 0 Å². The maximum absolute atomic E-state index is 8.51. The van der Waals surface area contributed by atoms with Crippen molar-refractivity contribution in [1.82, 2.24) is 4.90 Å². The summed E-state index contributed by atoms with van der Waals surface area (Å²) in [5.41, 5.74) is 1.43. The van der Waals surface area contributed by atoms with Crippen LogP contribution in [0.25, 0.3) is 0 Å². The Morgan fingerprint density at radius 3 is 2.64 bits per heavy atom. The topological polar surface area (TPSA) is 60.4 Å². The van der Waals surface area contributed by atoms with E-state index >= 15 is 0 Å². The van der Waals surface area contributed by atoms with Crippen LogP contribution in [-0.2, 0) is 36.1 Å². The summed E-state index contributed by atoms with van der Waals surface area (Å²) >= 11 is 0. The monoisotopic (exact) mass is 521 g/mol. The van der Waals surface area contributed by atoms with Gasteiger partial charge in [-0.05, 0) is 57.0 Å². The van der Waals surface area contributed by atoms with Gasteiger partial charge in [-0.15, -0.1) is 0 Å². The van der Waals surface area contributed by atoms with E-state index in [1.54, 1.807) is 14.2 Å². The SMILES string of the molecule is COc1ccc([C@@]23CCC(OCOO)C[C@@H]2N(C)CC3)cc1OC.[W]. The summed E-state index contributed by atoms with van der Waals surface area (Å²) in [6.07, 6.45) is 4.20. The van der Waals surface area contributed by atoms with Crippen molar-refractivity contribution in [3.8, 4) is 11.5 Å². The van der Waals surface area contributed by atoms with Gasteiger partial charge in [0.05, 0.1) is 20.3 Å². The van der Waals surface area contributed by atoms with Gasteiger partial charge in [-0.3, -0.25) is 0 Å². The minimum absolute atomic E-state index is 0. The van der Waals surface area contributed by atoms with E-state index in [1.165, 1.54) is 5.56 Å². The molecule has 3 rings (SSSR count). The molecule has 140 valence electrons. The van der Waals surface area contributed by atoms with Gasteiger partial charge in [0.25, 0.3) is 0 Å². The van der Waals surface area contributed by atoms with E-state index in [4.69, 9.17) is 19.5 Å². The van der Waals surface area contributed by atoms with Crippen molar-refractivity contribution in [3.63, 3.8) is 0 Å². The van der Waals surface area contributed by atoms with Gasteiger partial charge in [0.2, 0.25) is 0 Å². The Morgan fingerprint density at radius 1 is 1.20 bits per heavy atom. The number of likely N-dealkylation sites (tertiary alicyclic amines) is 1. The summed E-state index contributed by atoms with van der Waals surface area (Å²) in [6, 6.07) is 6.71. The molecule has 0 aromatic heterocycles. The second-order valence-electron chi connectivity index (χ2n) is 6.78. The quantitative estimate of drug-likeness (QED) is 0.353. The van der Waals surface area contributed by atoms with Gasteiger partial charge in [-0.2, -0.15) is 0 Å². The fourth-order valence-electron chi connectivity index (χ4n) is 4.51. The van der Waals surface area contributed by atoms with Crippen LogP contribution in [0.2, 0.25) is 0 Å². The fourth-order valence-corrected chi connectivity index (χ4v) is 4.51. The van der Waals surface area contributed by atoms with Gasteiger partial charge in [-0.25, -0.2) is 10.1 Å². The Bertz CT molecular complexity index is 572. The molecule has 0 radical (unpaired) electrons. The molecule has 0 amide bonds. The molecule has 1 saturated heterocycles. The minimum atomic E-state index is -0.0650. The minimum Gasteiger partial charge on any atom is -0.493 e. The zero-order chi connectivity index (χ0) is 17.2. The second-order valence-corrected chi connectivity index (χ2v) is 6.78. The van der Waals surface area contributed by atoms with Crippen LogP contribution in [0.1, 0.15) is 31.2 Å². The average molecular weight is 521 g/mol. The number of nitrogens with zero attached hydrogens (tertiary/aromatic N) is 1. The zero-order valence-electron chi connectivity index (χ0n) is 15.1. The van der Waals surface area contributed by atoms with Crippen molar-refractivity contribution in [2.75, 3.05) is 34.6 Å². The Morgan fingerprint density at radius 2 is 1.96 bits per heavy atom. The van der Waals surface area contributed by atoms with Gasteiger partial charge >= 0.3 is 0 Å². The number of rotatable bonds is 6. The number of benzene rings is 1.